The minimum Gasteiger partial charge on any atom is -0.494 e. The number of rotatable bonds is 8. The smallest absolute Gasteiger partial charge is 0.142 e. The molecule has 3 nitrogen and oxygen atoms in total. The highest BCUT2D eigenvalue weighted by Gasteiger charge is 2.13. The van der Waals surface area contributed by atoms with Crippen LogP contribution in [-0.4, -0.2) is 19.3 Å². The highest BCUT2D eigenvalue weighted by molar-refractivity contribution is 5.60. The van der Waals surface area contributed by atoms with Gasteiger partial charge in [0.25, 0.3) is 0 Å². The Labute approximate surface area is 117 Å². The van der Waals surface area contributed by atoms with Gasteiger partial charge in [-0.25, -0.2) is 0 Å². The summed E-state index contributed by atoms with van der Waals surface area (Å²) in [5.74, 6) is 2.39. The van der Waals surface area contributed by atoms with Crippen molar-refractivity contribution < 1.29 is 9.47 Å². The predicted molar refractivity (Wildman–Crippen MR) is 81.3 cm³/mol. The van der Waals surface area contributed by atoms with Crippen LogP contribution in [0.1, 0.15) is 41.0 Å². The molecular formula is C16H27NO2. The van der Waals surface area contributed by atoms with Crippen molar-refractivity contribution in [3.63, 3.8) is 0 Å². The van der Waals surface area contributed by atoms with Gasteiger partial charge in [0.2, 0.25) is 0 Å². The van der Waals surface area contributed by atoms with Gasteiger partial charge in [0.05, 0.1) is 18.9 Å². The summed E-state index contributed by atoms with van der Waals surface area (Å²) in [6.45, 7) is 12.0. The first-order valence-corrected chi connectivity index (χ1v) is 7.28. The molecule has 2 atom stereocenters. The minimum absolute atomic E-state index is 0.404. The Morgan fingerprint density at radius 3 is 2.32 bits per heavy atom. The van der Waals surface area contributed by atoms with Gasteiger partial charge >= 0.3 is 0 Å². The van der Waals surface area contributed by atoms with Crippen LogP contribution in [0.3, 0.4) is 0 Å². The van der Waals surface area contributed by atoms with E-state index in [1.807, 2.05) is 32.0 Å². The standard InChI is InChI=1S/C16H27NO2/c1-6-12(4)13(5)17-15-11-14(18-7-2)9-10-16(15)19-8-3/h9-13,17H,6-8H2,1-5H3. The van der Waals surface area contributed by atoms with E-state index in [2.05, 4.69) is 26.1 Å². The summed E-state index contributed by atoms with van der Waals surface area (Å²) in [5.41, 5.74) is 1.01. The van der Waals surface area contributed by atoms with E-state index < -0.39 is 0 Å². The molecule has 0 aliphatic heterocycles. The molecule has 0 saturated carbocycles. The van der Waals surface area contributed by atoms with Gasteiger partial charge in [-0.2, -0.15) is 0 Å². The van der Waals surface area contributed by atoms with E-state index in [1.165, 1.54) is 0 Å². The van der Waals surface area contributed by atoms with Gasteiger partial charge in [-0.3, -0.25) is 0 Å². The lowest BCUT2D eigenvalue weighted by molar-refractivity contribution is 0.331. The first-order valence-electron chi connectivity index (χ1n) is 7.28. The zero-order chi connectivity index (χ0) is 14.3. The topological polar surface area (TPSA) is 30.5 Å². The van der Waals surface area contributed by atoms with Crippen LogP contribution < -0.4 is 14.8 Å². The van der Waals surface area contributed by atoms with Gasteiger partial charge in [-0.05, 0) is 38.8 Å². The van der Waals surface area contributed by atoms with E-state index >= 15 is 0 Å². The normalized spacial score (nSPS) is 13.7. The molecular weight excluding hydrogens is 238 g/mol. The van der Waals surface area contributed by atoms with E-state index in [-0.39, 0.29) is 0 Å². The molecule has 0 aliphatic carbocycles. The second kappa shape index (κ2) is 7.93. The second-order valence-electron chi connectivity index (χ2n) is 4.84. The highest BCUT2D eigenvalue weighted by atomic mass is 16.5. The van der Waals surface area contributed by atoms with Crippen LogP contribution in [0, 0.1) is 5.92 Å². The summed E-state index contributed by atoms with van der Waals surface area (Å²) in [6, 6.07) is 6.35. The molecule has 0 aliphatic rings. The summed E-state index contributed by atoms with van der Waals surface area (Å²) in [6.07, 6.45) is 1.16. The fourth-order valence-corrected chi connectivity index (χ4v) is 1.90. The maximum absolute atomic E-state index is 5.67. The van der Waals surface area contributed by atoms with E-state index in [0.29, 0.717) is 25.2 Å². The Kier molecular flexibility index (Phi) is 6.54. The summed E-state index contributed by atoms with van der Waals surface area (Å²) < 4.78 is 11.2. The Morgan fingerprint density at radius 1 is 1.05 bits per heavy atom. The van der Waals surface area contributed by atoms with Crippen molar-refractivity contribution in [3.8, 4) is 11.5 Å². The van der Waals surface area contributed by atoms with E-state index in [0.717, 1.165) is 23.6 Å². The summed E-state index contributed by atoms with van der Waals surface area (Å²) >= 11 is 0. The van der Waals surface area contributed by atoms with Gasteiger partial charge in [-0.15, -0.1) is 0 Å². The number of nitrogens with one attached hydrogen (secondary N) is 1. The Bertz CT molecular complexity index is 379. The van der Waals surface area contributed by atoms with Crippen molar-refractivity contribution >= 4 is 5.69 Å². The Morgan fingerprint density at radius 2 is 1.74 bits per heavy atom. The van der Waals surface area contributed by atoms with Crippen LogP contribution in [0.5, 0.6) is 11.5 Å². The van der Waals surface area contributed by atoms with Gasteiger partial charge < -0.3 is 14.8 Å². The zero-order valence-corrected chi connectivity index (χ0v) is 12.8. The van der Waals surface area contributed by atoms with E-state index in [4.69, 9.17) is 9.47 Å². The van der Waals surface area contributed by atoms with Crippen molar-refractivity contribution in [1.82, 2.24) is 0 Å². The van der Waals surface area contributed by atoms with Gasteiger partial charge in [0.15, 0.2) is 0 Å². The molecule has 0 aromatic heterocycles. The quantitative estimate of drug-likeness (QED) is 0.759. The summed E-state index contributed by atoms with van der Waals surface area (Å²) in [5, 5.41) is 3.54. The molecule has 108 valence electrons. The van der Waals surface area contributed by atoms with E-state index in [9.17, 15) is 0 Å². The van der Waals surface area contributed by atoms with Crippen LogP contribution >= 0.6 is 0 Å². The number of anilines is 1. The SMILES string of the molecule is CCOc1ccc(OCC)c(NC(C)C(C)CC)c1. The van der Waals surface area contributed by atoms with Crippen LogP contribution in [0.2, 0.25) is 0 Å². The lowest BCUT2D eigenvalue weighted by atomic mass is 10.0. The summed E-state index contributed by atoms with van der Waals surface area (Å²) in [7, 11) is 0. The first kappa shape index (κ1) is 15.7. The molecule has 2 unspecified atom stereocenters. The van der Waals surface area contributed by atoms with Crippen LogP contribution in [0.25, 0.3) is 0 Å². The van der Waals surface area contributed by atoms with Crippen LogP contribution in [0.15, 0.2) is 18.2 Å². The van der Waals surface area contributed by atoms with Crippen molar-refractivity contribution in [2.45, 2.75) is 47.1 Å². The number of ether oxygens (including phenoxy) is 2. The van der Waals surface area contributed by atoms with E-state index in [1.54, 1.807) is 0 Å². The molecule has 1 aromatic carbocycles. The van der Waals surface area contributed by atoms with Gasteiger partial charge in [0, 0.05) is 12.1 Å². The molecule has 3 heteroatoms. The third kappa shape index (κ3) is 4.66. The zero-order valence-electron chi connectivity index (χ0n) is 12.8. The molecule has 0 bridgehead atoms. The Hall–Kier alpha value is -1.38. The molecule has 0 saturated heterocycles. The third-order valence-electron chi connectivity index (χ3n) is 3.44. The second-order valence-corrected chi connectivity index (χ2v) is 4.84. The first-order chi connectivity index (χ1) is 9.12. The van der Waals surface area contributed by atoms with Crippen molar-refractivity contribution in [2.75, 3.05) is 18.5 Å². The molecule has 0 heterocycles. The molecule has 1 N–H and O–H groups in total. The van der Waals surface area contributed by atoms with Crippen LogP contribution in [0.4, 0.5) is 5.69 Å². The molecule has 1 aromatic rings. The van der Waals surface area contributed by atoms with Gasteiger partial charge in [-0.1, -0.05) is 20.3 Å². The average molecular weight is 265 g/mol. The monoisotopic (exact) mass is 265 g/mol. The number of benzene rings is 1. The van der Waals surface area contributed by atoms with Gasteiger partial charge in [0.1, 0.15) is 11.5 Å². The maximum atomic E-state index is 5.67. The van der Waals surface area contributed by atoms with Crippen molar-refractivity contribution in [3.05, 3.63) is 18.2 Å². The summed E-state index contributed by atoms with van der Waals surface area (Å²) in [4.78, 5) is 0. The fourth-order valence-electron chi connectivity index (χ4n) is 1.90. The molecule has 19 heavy (non-hydrogen) atoms. The predicted octanol–water partition coefficient (Wildman–Crippen LogP) is 4.33. The minimum atomic E-state index is 0.404. The molecule has 0 radical (unpaired) electrons. The maximum Gasteiger partial charge on any atom is 0.142 e. The molecule has 0 spiro atoms. The Balaban J connectivity index is 2.89. The van der Waals surface area contributed by atoms with Crippen molar-refractivity contribution in [2.24, 2.45) is 5.92 Å². The molecule has 0 amide bonds. The third-order valence-corrected chi connectivity index (χ3v) is 3.44. The van der Waals surface area contributed by atoms with Crippen molar-refractivity contribution in [1.29, 1.82) is 0 Å². The lowest BCUT2D eigenvalue weighted by Crippen LogP contribution is -2.23. The van der Waals surface area contributed by atoms with Crippen LogP contribution in [-0.2, 0) is 0 Å². The fraction of sp³-hybridized carbons (Fsp3) is 0.625. The number of hydrogen-bond donors (Lipinski definition) is 1. The largest absolute Gasteiger partial charge is 0.494 e. The molecule has 1 rings (SSSR count). The number of hydrogen-bond acceptors (Lipinski definition) is 3. The molecule has 0 fully saturated rings. The average Bonchev–Trinajstić information content (AvgIpc) is 2.41. The lowest BCUT2D eigenvalue weighted by Gasteiger charge is -2.23. The highest BCUT2D eigenvalue weighted by Crippen LogP contribution is 2.31.